The number of nitrogens with one attached hydrogen (secondary N) is 1. The van der Waals surface area contributed by atoms with Gasteiger partial charge in [0.2, 0.25) is 5.88 Å². The van der Waals surface area contributed by atoms with E-state index in [1.807, 2.05) is 0 Å². The van der Waals surface area contributed by atoms with Gasteiger partial charge in [-0.3, -0.25) is 19.3 Å². The molecule has 19 heavy (non-hydrogen) atoms. The predicted octanol–water partition coefficient (Wildman–Crippen LogP) is 1.25. The highest BCUT2D eigenvalue weighted by molar-refractivity contribution is 7.71. The summed E-state index contributed by atoms with van der Waals surface area (Å²) in [4.78, 5) is 18.3. The lowest BCUT2D eigenvalue weighted by atomic mass is 10.3. The number of ether oxygens (including phenoxy) is 1. The predicted molar refractivity (Wildman–Crippen MR) is 76.7 cm³/mol. The van der Waals surface area contributed by atoms with Gasteiger partial charge in [-0.2, -0.15) is 0 Å². The molecule has 0 radical (unpaired) electrons. The van der Waals surface area contributed by atoms with Crippen molar-refractivity contribution < 1.29 is 9.84 Å². The van der Waals surface area contributed by atoms with Crippen molar-refractivity contribution in [3.63, 3.8) is 0 Å². The molecule has 0 spiro atoms. The van der Waals surface area contributed by atoms with Crippen LogP contribution >= 0.6 is 12.2 Å². The van der Waals surface area contributed by atoms with E-state index in [0.717, 1.165) is 6.42 Å². The van der Waals surface area contributed by atoms with Crippen LogP contribution in [0.3, 0.4) is 0 Å². The van der Waals surface area contributed by atoms with Gasteiger partial charge in [-0.05, 0) is 18.6 Å². The topological polar surface area (TPSA) is 79.6 Å². The summed E-state index contributed by atoms with van der Waals surface area (Å²) in [7, 11) is 1.61. The van der Waals surface area contributed by atoms with Crippen molar-refractivity contribution in [2.75, 3.05) is 20.3 Å². The van der Waals surface area contributed by atoms with Crippen molar-refractivity contribution in [1.29, 1.82) is 0 Å². The van der Waals surface area contributed by atoms with Crippen LogP contribution in [-0.4, -0.2) is 41.1 Å². The number of aliphatic imine (C=N–C) groups is 1. The van der Waals surface area contributed by atoms with Crippen LogP contribution in [0.15, 0.2) is 22.4 Å². The maximum absolute atomic E-state index is 11.7. The smallest absolute Gasteiger partial charge is 0.264 e. The number of H-pyrrole nitrogens is 1. The molecule has 1 aromatic heterocycles. The van der Waals surface area contributed by atoms with E-state index in [0.29, 0.717) is 19.7 Å². The van der Waals surface area contributed by atoms with Gasteiger partial charge in [0.05, 0.1) is 0 Å². The number of hydrogen-bond acceptors (Lipinski definition) is 5. The third kappa shape index (κ3) is 4.15. The van der Waals surface area contributed by atoms with Gasteiger partial charge in [-0.15, -0.1) is 6.58 Å². The summed E-state index contributed by atoms with van der Waals surface area (Å²) in [5, 5.41) is 10.00. The molecule has 1 aromatic rings. The lowest BCUT2D eigenvalue weighted by molar-refractivity contribution is 0.197. The summed E-state index contributed by atoms with van der Waals surface area (Å²) in [5.74, 6) is -0.204. The second-order valence-electron chi connectivity index (χ2n) is 3.78. The van der Waals surface area contributed by atoms with Gasteiger partial charge >= 0.3 is 0 Å². The molecule has 1 rings (SSSR count). The number of aromatic nitrogens is 2. The average molecular weight is 283 g/mol. The number of aromatic amines is 1. The molecule has 0 aromatic carbocycles. The Kier molecular flexibility index (Phi) is 6.17. The van der Waals surface area contributed by atoms with E-state index >= 15 is 0 Å². The Morgan fingerprint density at radius 2 is 2.37 bits per heavy atom. The molecule has 0 saturated heterocycles. The molecule has 0 atom stereocenters. The Morgan fingerprint density at radius 1 is 1.63 bits per heavy atom. The maximum atomic E-state index is 11.7. The number of aromatic hydroxyl groups is 1. The fraction of sp³-hybridized carbons (Fsp3) is 0.417. The molecule has 6 nitrogen and oxygen atoms in total. The van der Waals surface area contributed by atoms with Gasteiger partial charge in [0.1, 0.15) is 5.56 Å². The number of methoxy groups -OCH3 is 1. The molecule has 1 heterocycles. The van der Waals surface area contributed by atoms with E-state index in [1.54, 1.807) is 13.2 Å². The van der Waals surface area contributed by atoms with Crippen molar-refractivity contribution >= 4 is 18.4 Å². The first-order valence-corrected chi connectivity index (χ1v) is 6.18. The largest absolute Gasteiger partial charge is 0.494 e. The zero-order valence-corrected chi connectivity index (χ0v) is 11.6. The Balaban J connectivity index is 3.00. The monoisotopic (exact) mass is 283 g/mol. The number of nitrogens with zero attached hydrogens (tertiary/aromatic N) is 2. The van der Waals surface area contributed by atoms with Gasteiger partial charge in [0.15, 0.2) is 4.77 Å². The molecule has 0 fully saturated rings. The van der Waals surface area contributed by atoms with Crippen molar-refractivity contribution in [1.82, 2.24) is 9.55 Å². The molecule has 0 bridgehead atoms. The van der Waals surface area contributed by atoms with E-state index in [1.165, 1.54) is 10.8 Å². The molecule has 0 unspecified atom stereocenters. The molecule has 2 N–H and O–H groups in total. The summed E-state index contributed by atoms with van der Waals surface area (Å²) < 4.78 is 6.42. The second kappa shape index (κ2) is 7.65. The maximum Gasteiger partial charge on any atom is 0.264 e. The zero-order chi connectivity index (χ0) is 14.3. The molecule has 7 heteroatoms. The number of allylic oxidation sites excluding steroid dienone is 1. The molecule has 0 aliphatic heterocycles. The highest BCUT2D eigenvalue weighted by atomic mass is 32.1. The van der Waals surface area contributed by atoms with Crippen LogP contribution in [0.4, 0.5) is 0 Å². The van der Waals surface area contributed by atoms with E-state index in [2.05, 4.69) is 16.6 Å². The molecular weight excluding hydrogens is 266 g/mol. The van der Waals surface area contributed by atoms with Crippen LogP contribution in [0, 0.1) is 4.77 Å². The minimum Gasteiger partial charge on any atom is -0.494 e. The number of hydrogen-bond donors (Lipinski definition) is 2. The van der Waals surface area contributed by atoms with Gasteiger partial charge < -0.3 is 9.84 Å². The SMILES string of the molecule is C=CCn1c(O)c(C=NCCCOC)c(=O)[nH]c1=S. The summed E-state index contributed by atoms with van der Waals surface area (Å²) in [6, 6.07) is 0. The van der Waals surface area contributed by atoms with Gasteiger partial charge in [0, 0.05) is 33.0 Å². The first-order chi connectivity index (χ1) is 9.11. The quantitative estimate of drug-likeness (QED) is 0.342. The van der Waals surface area contributed by atoms with Crippen LogP contribution in [0.2, 0.25) is 0 Å². The third-order valence-corrected chi connectivity index (χ3v) is 2.70. The Labute approximate surface area is 116 Å². The summed E-state index contributed by atoms with van der Waals surface area (Å²) in [6.45, 7) is 5.00. The first-order valence-electron chi connectivity index (χ1n) is 5.77. The standard InChI is InChI=1S/C12H17N3O3S/c1-3-6-15-11(17)9(10(16)14-12(15)19)8-13-5-4-7-18-2/h3,8,17H,1,4-7H2,2H3,(H,14,16,19). The van der Waals surface area contributed by atoms with Crippen LogP contribution in [0.5, 0.6) is 5.88 Å². The van der Waals surface area contributed by atoms with Crippen LogP contribution < -0.4 is 5.56 Å². The number of rotatable bonds is 7. The van der Waals surface area contributed by atoms with Crippen molar-refractivity contribution in [2.24, 2.45) is 4.99 Å². The molecule has 0 amide bonds. The summed E-state index contributed by atoms with van der Waals surface area (Å²) >= 11 is 4.96. The molecule has 104 valence electrons. The van der Waals surface area contributed by atoms with Crippen molar-refractivity contribution in [3.8, 4) is 5.88 Å². The lowest BCUT2D eigenvalue weighted by Crippen LogP contribution is -2.18. The Bertz CT molecular complexity index is 575. The Hall–Kier alpha value is -1.73. The molecule has 0 saturated carbocycles. The van der Waals surface area contributed by atoms with Gasteiger partial charge in [0.25, 0.3) is 5.56 Å². The van der Waals surface area contributed by atoms with Gasteiger partial charge in [-0.25, -0.2) is 0 Å². The summed E-state index contributed by atoms with van der Waals surface area (Å²) in [6.07, 6.45) is 3.67. The van der Waals surface area contributed by atoms with Crippen molar-refractivity contribution in [3.05, 3.63) is 33.3 Å². The zero-order valence-electron chi connectivity index (χ0n) is 10.8. The second-order valence-corrected chi connectivity index (χ2v) is 4.16. The lowest BCUT2D eigenvalue weighted by Gasteiger charge is -2.08. The fourth-order valence-electron chi connectivity index (χ4n) is 1.45. The van der Waals surface area contributed by atoms with Crippen LogP contribution in [0.25, 0.3) is 0 Å². The summed E-state index contributed by atoms with van der Waals surface area (Å²) in [5.41, 5.74) is -0.369. The van der Waals surface area contributed by atoms with Crippen LogP contribution in [-0.2, 0) is 11.3 Å². The van der Waals surface area contributed by atoms with E-state index in [-0.39, 0.29) is 16.2 Å². The normalized spacial score (nSPS) is 11.0. The fourth-order valence-corrected chi connectivity index (χ4v) is 1.70. The average Bonchev–Trinajstić information content (AvgIpc) is 2.37. The molecule has 0 aliphatic carbocycles. The van der Waals surface area contributed by atoms with E-state index in [9.17, 15) is 9.90 Å². The first kappa shape index (κ1) is 15.3. The molecule has 0 aliphatic rings. The van der Waals surface area contributed by atoms with Crippen LogP contribution in [0.1, 0.15) is 12.0 Å². The van der Waals surface area contributed by atoms with E-state index in [4.69, 9.17) is 17.0 Å². The highest BCUT2D eigenvalue weighted by Gasteiger charge is 2.09. The minimum atomic E-state index is -0.460. The highest BCUT2D eigenvalue weighted by Crippen LogP contribution is 2.11. The van der Waals surface area contributed by atoms with Crippen molar-refractivity contribution in [2.45, 2.75) is 13.0 Å². The third-order valence-electron chi connectivity index (χ3n) is 2.37. The van der Waals surface area contributed by atoms with Gasteiger partial charge in [-0.1, -0.05) is 6.08 Å². The minimum absolute atomic E-state index is 0.0906. The molecular formula is C12H17N3O3S. The Morgan fingerprint density at radius 3 is 3.00 bits per heavy atom. The van der Waals surface area contributed by atoms with E-state index < -0.39 is 5.56 Å².